The molecule has 4 nitrogen and oxygen atoms in total. The molecule has 0 radical (unpaired) electrons. The molecule has 0 fully saturated rings. The summed E-state index contributed by atoms with van der Waals surface area (Å²) in [6, 6.07) is 11.9. The number of hydrogen-bond donors (Lipinski definition) is 2. The summed E-state index contributed by atoms with van der Waals surface area (Å²) in [6.45, 7) is 2.05. The van der Waals surface area contributed by atoms with E-state index in [4.69, 9.17) is 10.6 Å². The summed E-state index contributed by atoms with van der Waals surface area (Å²) >= 11 is 0. The zero-order chi connectivity index (χ0) is 13.7. The van der Waals surface area contributed by atoms with Gasteiger partial charge in [-0.05, 0) is 25.1 Å². The normalized spacial score (nSPS) is 12.2. The molecule has 1 unspecified atom stereocenters. The topological polar surface area (TPSA) is 60.2 Å². The molecule has 0 saturated carbocycles. The molecule has 2 rings (SSSR count). The standard InChI is InChI=1S/C15H19N3O/c1-11-6-7-15(19-2)13(9-11)14(18-16)10-12-5-3-4-8-17-12/h3-9,14,18H,10,16H2,1-2H3. The largest absolute Gasteiger partial charge is 0.496 e. The van der Waals surface area contributed by atoms with Crippen LogP contribution in [0.25, 0.3) is 0 Å². The Morgan fingerprint density at radius 3 is 2.79 bits per heavy atom. The maximum absolute atomic E-state index is 5.69. The third-order valence-corrected chi connectivity index (χ3v) is 3.10. The van der Waals surface area contributed by atoms with Gasteiger partial charge in [-0.3, -0.25) is 16.3 Å². The number of aromatic nitrogens is 1. The van der Waals surface area contributed by atoms with Crippen LogP contribution < -0.4 is 16.0 Å². The van der Waals surface area contributed by atoms with Crippen LogP contribution in [0.2, 0.25) is 0 Å². The third-order valence-electron chi connectivity index (χ3n) is 3.10. The van der Waals surface area contributed by atoms with Gasteiger partial charge in [-0.1, -0.05) is 23.8 Å². The molecule has 3 N–H and O–H groups in total. The van der Waals surface area contributed by atoms with Crippen LogP contribution in [-0.2, 0) is 6.42 Å². The Morgan fingerprint density at radius 1 is 1.32 bits per heavy atom. The van der Waals surface area contributed by atoms with E-state index in [1.807, 2.05) is 30.3 Å². The second kappa shape index (κ2) is 6.31. The van der Waals surface area contributed by atoms with Crippen LogP contribution in [0.15, 0.2) is 42.6 Å². The summed E-state index contributed by atoms with van der Waals surface area (Å²) in [5, 5.41) is 0. The third kappa shape index (κ3) is 3.30. The highest BCUT2D eigenvalue weighted by Gasteiger charge is 2.16. The molecule has 0 aliphatic carbocycles. The van der Waals surface area contributed by atoms with Gasteiger partial charge in [0.15, 0.2) is 0 Å². The lowest BCUT2D eigenvalue weighted by atomic mass is 9.99. The predicted molar refractivity (Wildman–Crippen MR) is 75.7 cm³/mol. The number of nitrogens with zero attached hydrogens (tertiary/aromatic N) is 1. The molecule has 4 heteroatoms. The Bertz CT molecular complexity index is 528. The smallest absolute Gasteiger partial charge is 0.123 e. The number of pyridine rings is 1. The number of nitrogens with one attached hydrogen (secondary N) is 1. The predicted octanol–water partition coefficient (Wildman–Crippen LogP) is 2.15. The maximum atomic E-state index is 5.69. The van der Waals surface area contributed by atoms with Crippen molar-refractivity contribution in [2.45, 2.75) is 19.4 Å². The number of hydrogen-bond acceptors (Lipinski definition) is 4. The fraction of sp³-hybridized carbons (Fsp3) is 0.267. The number of benzene rings is 1. The Morgan fingerprint density at radius 2 is 2.16 bits per heavy atom. The summed E-state index contributed by atoms with van der Waals surface area (Å²) < 4.78 is 5.40. The van der Waals surface area contributed by atoms with E-state index < -0.39 is 0 Å². The number of nitrogens with two attached hydrogens (primary N) is 1. The molecule has 0 spiro atoms. The Balaban J connectivity index is 2.29. The van der Waals surface area contributed by atoms with Crippen molar-refractivity contribution in [1.29, 1.82) is 0 Å². The van der Waals surface area contributed by atoms with Crippen molar-refractivity contribution >= 4 is 0 Å². The van der Waals surface area contributed by atoms with Gasteiger partial charge >= 0.3 is 0 Å². The van der Waals surface area contributed by atoms with Gasteiger partial charge in [0.1, 0.15) is 5.75 Å². The zero-order valence-corrected chi connectivity index (χ0v) is 11.3. The summed E-state index contributed by atoms with van der Waals surface area (Å²) in [5.41, 5.74) is 6.07. The molecule has 0 amide bonds. The minimum atomic E-state index is -0.0234. The lowest BCUT2D eigenvalue weighted by Gasteiger charge is -2.19. The first-order chi connectivity index (χ1) is 9.24. The van der Waals surface area contributed by atoms with Crippen molar-refractivity contribution in [2.75, 3.05) is 7.11 Å². The first kappa shape index (κ1) is 13.5. The number of aryl methyl sites for hydroxylation is 1. The van der Waals surface area contributed by atoms with Crippen LogP contribution in [0.4, 0.5) is 0 Å². The summed E-state index contributed by atoms with van der Waals surface area (Å²) in [4.78, 5) is 4.33. The average molecular weight is 257 g/mol. The minimum absolute atomic E-state index is 0.0234. The summed E-state index contributed by atoms with van der Waals surface area (Å²) in [6.07, 6.45) is 2.51. The number of ether oxygens (including phenoxy) is 1. The first-order valence-corrected chi connectivity index (χ1v) is 6.25. The van der Waals surface area contributed by atoms with E-state index in [1.165, 1.54) is 5.56 Å². The van der Waals surface area contributed by atoms with Crippen molar-refractivity contribution in [2.24, 2.45) is 5.84 Å². The fourth-order valence-corrected chi connectivity index (χ4v) is 2.11. The van der Waals surface area contributed by atoms with E-state index in [9.17, 15) is 0 Å². The average Bonchev–Trinajstić information content (AvgIpc) is 2.46. The summed E-state index contributed by atoms with van der Waals surface area (Å²) in [7, 11) is 1.67. The summed E-state index contributed by atoms with van der Waals surface area (Å²) in [5.74, 6) is 6.53. The molecule has 1 aromatic heterocycles. The van der Waals surface area contributed by atoms with Crippen LogP contribution >= 0.6 is 0 Å². The Labute approximate surface area is 113 Å². The molecule has 1 atom stereocenters. The van der Waals surface area contributed by atoms with E-state index in [2.05, 4.69) is 23.4 Å². The number of hydrazine groups is 1. The molecule has 19 heavy (non-hydrogen) atoms. The van der Waals surface area contributed by atoms with Crippen LogP contribution in [-0.4, -0.2) is 12.1 Å². The van der Waals surface area contributed by atoms with Gasteiger partial charge in [0.05, 0.1) is 13.2 Å². The van der Waals surface area contributed by atoms with E-state index in [-0.39, 0.29) is 6.04 Å². The highest BCUT2D eigenvalue weighted by atomic mass is 16.5. The van der Waals surface area contributed by atoms with Crippen molar-refractivity contribution in [1.82, 2.24) is 10.4 Å². The van der Waals surface area contributed by atoms with Crippen LogP contribution in [0.3, 0.4) is 0 Å². The fourth-order valence-electron chi connectivity index (χ4n) is 2.11. The van der Waals surface area contributed by atoms with Crippen LogP contribution in [0.1, 0.15) is 22.9 Å². The highest BCUT2D eigenvalue weighted by Crippen LogP contribution is 2.27. The van der Waals surface area contributed by atoms with Crippen LogP contribution in [0, 0.1) is 6.92 Å². The van der Waals surface area contributed by atoms with Gasteiger partial charge in [-0.15, -0.1) is 0 Å². The zero-order valence-electron chi connectivity index (χ0n) is 11.3. The minimum Gasteiger partial charge on any atom is -0.496 e. The quantitative estimate of drug-likeness (QED) is 0.636. The monoisotopic (exact) mass is 257 g/mol. The second-order valence-corrected chi connectivity index (χ2v) is 4.49. The number of rotatable bonds is 5. The van der Waals surface area contributed by atoms with E-state index in [0.29, 0.717) is 0 Å². The maximum Gasteiger partial charge on any atom is 0.123 e. The molecule has 0 bridgehead atoms. The van der Waals surface area contributed by atoms with Gasteiger partial charge in [0.25, 0.3) is 0 Å². The van der Waals surface area contributed by atoms with Gasteiger partial charge in [0.2, 0.25) is 0 Å². The highest BCUT2D eigenvalue weighted by molar-refractivity contribution is 5.39. The molecular weight excluding hydrogens is 238 g/mol. The molecule has 0 aliphatic rings. The van der Waals surface area contributed by atoms with Crippen molar-refractivity contribution in [3.63, 3.8) is 0 Å². The Kier molecular flexibility index (Phi) is 4.49. The van der Waals surface area contributed by atoms with Gasteiger partial charge < -0.3 is 4.74 Å². The molecule has 0 saturated heterocycles. The second-order valence-electron chi connectivity index (χ2n) is 4.49. The van der Waals surface area contributed by atoms with E-state index >= 15 is 0 Å². The van der Waals surface area contributed by atoms with E-state index in [0.717, 1.165) is 23.4 Å². The molecule has 2 aromatic rings. The van der Waals surface area contributed by atoms with Gasteiger partial charge in [-0.2, -0.15) is 0 Å². The lowest BCUT2D eigenvalue weighted by Crippen LogP contribution is -2.30. The van der Waals surface area contributed by atoms with Gasteiger partial charge in [-0.25, -0.2) is 0 Å². The molecule has 0 aliphatic heterocycles. The molecule has 1 aromatic carbocycles. The first-order valence-electron chi connectivity index (χ1n) is 6.25. The molecule has 100 valence electrons. The lowest BCUT2D eigenvalue weighted by molar-refractivity contribution is 0.398. The molecular formula is C15H19N3O. The van der Waals surface area contributed by atoms with E-state index in [1.54, 1.807) is 13.3 Å². The Hall–Kier alpha value is -1.91. The van der Waals surface area contributed by atoms with Crippen molar-refractivity contribution in [3.8, 4) is 5.75 Å². The van der Waals surface area contributed by atoms with Crippen molar-refractivity contribution in [3.05, 3.63) is 59.4 Å². The van der Waals surface area contributed by atoms with Gasteiger partial charge in [0, 0.05) is 23.9 Å². The molecule has 1 heterocycles. The van der Waals surface area contributed by atoms with Crippen molar-refractivity contribution < 1.29 is 4.74 Å². The van der Waals surface area contributed by atoms with Crippen LogP contribution in [0.5, 0.6) is 5.75 Å². The number of methoxy groups -OCH3 is 1. The SMILES string of the molecule is COc1ccc(C)cc1C(Cc1ccccn1)NN.